The van der Waals surface area contributed by atoms with E-state index >= 15 is 0 Å². The van der Waals surface area contributed by atoms with E-state index in [-0.39, 0.29) is 11.9 Å². The Hall–Kier alpha value is -0.970. The molecule has 4 heteroatoms. The molecule has 0 aliphatic carbocycles. The van der Waals surface area contributed by atoms with E-state index in [0.29, 0.717) is 6.10 Å². The summed E-state index contributed by atoms with van der Waals surface area (Å²) < 4.78 is 18.7. The molecule has 1 fully saturated rings. The summed E-state index contributed by atoms with van der Waals surface area (Å²) in [6, 6.07) is 7.08. The zero-order chi connectivity index (χ0) is 15.1. The van der Waals surface area contributed by atoms with Gasteiger partial charge >= 0.3 is 0 Å². The fraction of sp³-hybridized carbons (Fsp3) is 0.647. The number of likely N-dealkylation sites (tertiary alicyclic amines) is 1. The number of benzene rings is 1. The van der Waals surface area contributed by atoms with Crippen LogP contribution in [0, 0.1) is 5.82 Å². The number of halogens is 1. The van der Waals surface area contributed by atoms with Crippen LogP contribution in [0.1, 0.15) is 37.8 Å². The highest BCUT2D eigenvalue weighted by atomic mass is 19.1. The van der Waals surface area contributed by atoms with Crippen molar-refractivity contribution in [2.75, 3.05) is 33.3 Å². The molecule has 1 aliphatic heterocycles. The van der Waals surface area contributed by atoms with Gasteiger partial charge in [-0.05, 0) is 57.5 Å². The van der Waals surface area contributed by atoms with Gasteiger partial charge in [0.1, 0.15) is 5.82 Å². The highest BCUT2D eigenvalue weighted by molar-refractivity contribution is 5.19. The predicted molar refractivity (Wildman–Crippen MR) is 83.9 cm³/mol. The molecule has 3 nitrogen and oxygen atoms in total. The van der Waals surface area contributed by atoms with Gasteiger partial charge < -0.3 is 15.0 Å². The van der Waals surface area contributed by atoms with Crippen molar-refractivity contribution in [3.8, 4) is 0 Å². The summed E-state index contributed by atoms with van der Waals surface area (Å²) in [6.07, 6.45) is 3.81. The van der Waals surface area contributed by atoms with Gasteiger partial charge in [0.15, 0.2) is 0 Å². The van der Waals surface area contributed by atoms with Crippen molar-refractivity contribution in [2.24, 2.45) is 0 Å². The topological polar surface area (TPSA) is 24.5 Å². The summed E-state index contributed by atoms with van der Waals surface area (Å²) in [7, 11) is 1.97. The van der Waals surface area contributed by atoms with Crippen molar-refractivity contribution in [2.45, 2.75) is 38.3 Å². The average Bonchev–Trinajstić information content (AvgIpc) is 2.50. The largest absolute Gasteiger partial charge is 0.377 e. The molecular formula is C17H27FN2O. The normalized spacial score (nSPS) is 21.4. The van der Waals surface area contributed by atoms with E-state index in [9.17, 15) is 4.39 Å². The molecule has 2 unspecified atom stereocenters. The van der Waals surface area contributed by atoms with Crippen LogP contribution in [-0.2, 0) is 4.74 Å². The monoisotopic (exact) mass is 294 g/mol. The van der Waals surface area contributed by atoms with E-state index in [1.807, 2.05) is 19.2 Å². The Balaban J connectivity index is 1.83. The second-order valence-corrected chi connectivity index (χ2v) is 5.70. The van der Waals surface area contributed by atoms with Gasteiger partial charge in [-0.15, -0.1) is 0 Å². The molecule has 2 rings (SSSR count). The first-order valence-corrected chi connectivity index (χ1v) is 7.99. The summed E-state index contributed by atoms with van der Waals surface area (Å²) in [5, 5.41) is 3.33. The lowest BCUT2D eigenvalue weighted by atomic mass is 10.0. The second kappa shape index (κ2) is 8.47. The van der Waals surface area contributed by atoms with Crippen molar-refractivity contribution in [1.82, 2.24) is 10.2 Å². The number of nitrogens with zero attached hydrogens (tertiary/aromatic N) is 1. The molecule has 1 saturated heterocycles. The Bertz CT molecular complexity index is 408. The summed E-state index contributed by atoms with van der Waals surface area (Å²) in [5.74, 6) is -0.177. The average molecular weight is 294 g/mol. The summed E-state index contributed by atoms with van der Waals surface area (Å²) in [6.45, 7) is 6.10. The zero-order valence-electron chi connectivity index (χ0n) is 13.1. The van der Waals surface area contributed by atoms with Gasteiger partial charge in [0.2, 0.25) is 0 Å². The Morgan fingerprint density at radius 3 is 2.81 bits per heavy atom. The van der Waals surface area contributed by atoms with Crippen LogP contribution < -0.4 is 5.32 Å². The maximum atomic E-state index is 13.0. The van der Waals surface area contributed by atoms with Crippen LogP contribution in [-0.4, -0.2) is 44.3 Å². The Morgan fingerprint density at radius 1 is 1.38 bits per heavy atom. The zero-order valence-corrected chi connectivity index (χ0v) is 13.1. The highest BCUT2D eigenvalue weighted by Gasteiger charge is 2.20. The maximum Gasteiger partial charge on any atom is 0.123 e. The lowest BCUT2D eigenvalue weighted by Gasteiger charge is -2.33. The number of piperidine rings is 1. The highest BCUT2D eigenvalue weighted by Crippen LogP contribution is 2.19. The fourth-order valence-corrected chi connectivity index (χ4v) is 3.07. The summed E-state index contributed by atoms with van der Waals surface area (Å²) >= 11 is 0. The first kappa shape index (κ1) is 16.4. The van der Waals surface area contributed by atoms with Gasteiger partial charge in [0.25, 0.3) is 0 Å². The third kappa shape index (κ3) is 5.06. The first-order chi connectivity index (χ1) is 10.2. The SMILES string of the molecule is CCOC1CCCN(CCC(NC)c2ccc(F)cc2)C1. The molecule has 1 aromatic rings. The van der Waals surface area contributed by atoms with Gasteiger partial charge in [-0.2, -0.15) is 0 Å². The minimum absolute atomic E-state index is 0.177. The molecule has 2 atom stereocenters. The second-order valence-electron chi connectivity index (χ2n) is 5.70. The summed E-state index contributed by atoms with van der Waals surface area (Å²) in [5.41, 5.74) is 1.15. The maximum absolute atomic E-state index is 13.0. The van der Waals surface area contributed by atoms with E-state index in [4.69, 9.17) is 4.74 Å². The number of hydrogen-bond acceptors (Lipinski definition) is 3. The van der Waals surface area contributed by atoms with Crippen LogP contribution in [0.4, 0.5) is 4.39 Å². The lowest BCUT2D eigenvalue weighted by Crippen LogP contribution is -2.41. The Morgan fingerprint density at radius 2 is 2.14 bits per heavy atom. The molecule has 0 saturated carbocycles. The molecular weight excluding hydrogens is 267 g/mol. The number of rotatable bonds is 7. The van der Waals surface area contributed by atoms with Gasteiger partial charge in [-0.1, -0.05) is 12.1 Å². The molecule has 1 aliphatic rings. The standard InChI is InChI=1S/C17H27FN2O/c1-3-21-16-5-4-11-20(13-16)12-10-17(19-2)14-6-8-15(18)9-7-14/h6-9,16-17,19H,3-5,10-13H2,1-2H3. The molecule has 118 valence electrons. The van der Waals surface area contributed by atoms with Crippen molar-refractivity contribution in [1.29, 1.82) is 0 Å². The lowest BCUT2D eigenvalue weighted by molar-refractivity contribution is 0.00509. The molecule has 1 aromatic carbocycles. The van der Waals surface area contributed by atoms with Crippen molar-refractivity contribution >= 4 is 0 Å². The van der Waals surface area contributed by atoms with Crippen LogP contribution in [0.3, 0.4) is 0 Å². The van der Waals surface area contributed by atoms with E-state index in [1.165, 1.54) is 25.0 Å². The van der Waals surface area contributed by atoms with E-state index in [1.54, 1.807) is 0 Å². The van der Waals surface area contributed by atoms with Crippen LogP contribution in [0.5, 0.6) is 0 Å². The van der Waals surface area contributed by atoms with Crippen molar-refractivity contribution in [3.05, 3.63) is 35.6 Å². The van der Waals surface area contributed by atoms with Crippen molar-refractivity contribution in [3.63, 3.8) is 0 Å². The van der Waals surface area contributed by atoms with Crippen LogP contribution in [0.25, 0.3) is 0 Å². The molecule has 0 radical (unpaired) electrons. The van der Waals surface area contributed by atoms with E-state index in [2.05, 4.69) is 17.1 Å². The fourth-order valence-electron chi connectivity index (χ4n) is 3.07. The van der Waals surface area contributed by atoms with E-state index < -0.39 is 0 Å². The van der Waals surface area contributed by atoms with Crippen LogP contribution in [0.2, 0.25) is 0 Å². The van der Waals surface area contributed by atoms with Gasteiger partial charge in [-0.25, -0.2) is 4.39 Å². The number of ether oxygens (including phenoxy) is 1. The predicted octanol–water partition coefficient (Wildman–Crippen LogP) is 2.98. The van der Waals surface area contributed by atoms with Crippen LogP contribution in [0.15, 0.2) is 24.3 Å². The van der Waals surface area contributed by atoms with Gasteiger partial charge in [0.05, 0.1) is 6.10 Å². The smallest absolute Gasteiger partial charge is 0.123 e. The molecule has 1 heterocycles. The molecule has 0 amide bonds. The minimum Gasteiger partial charge on any atom is -0.377 e. The Kier molecular flexibility index (Phi) is 6.61. The third-order valence-corrected chi connectivity index (χ3v) is 4.22. The number of hydrogen-bond donors (Lipinski definition) is 1. The van der Waals surface area contributed by atoms with Gasteiger partial charge in [-0.3, -0.25) is 0 Å². The third-order valence-electron chi connectivity index (χ3n) is 4.22. The van der Waals surface area contributed by atoms with E-state index in [0.717, 1.165) is 38.2 Å². The number of nitrogens with one attached hydrogen (secondary N) is 1. The summed E-state index contributed by atoms with van der Waals surface area (Å²) in [4.78, 5) is 2.48. The quantitative estimate of drug-likeness (QED) is 0.837. The first-order valence-electron chi connectivity index (χ1n) is 7.99. The van der Waals surface area contributed by atoms with Crippen molar-refractivity contribution < 1.29 is 9.13 Å². The van der Waals surface area contributed by atoms with Crippen LogP contribution >= 0.6 is 0 Å². The molecule has 1 N–H and O–H groups in total. The Labute approximate surface area is 127 Å². The molecule has 21 heavy (non-hydrogen) atoms. The molecule has 0 bridgehead atoms. The molecule has 0 spiro atoms. The minimum atomic E-state index is -0.177. The molecule has 0 aromatic heterocycles. The van der Waals surface area contributed by atoms with Gasteiger partial charge in [0, 0.05) is 25.7 Å².